The fourth-order valence-electron chi connectivity index (χ4n) is 1.71. The topological polar surface area (TPSA) is 49.4 Å². The van der Waals surface area contributed by atoms with Crippen LogP contribution in [-0.2, 0) is 10.0 Å². The molecule has 1 aliphatic carbocycles. The number of sulfonamides is 1. The first kappa shape index (κ1) is 13.9. The second kappa shape index (κ2) is 5.98. The molecule has 0 aromatic rings. The zero-order valence-corrected chi connectivity index (χ0v) is 11.4. The van der Waals surface area contributed by atoms with E-state index in [0.29, 0.717) is 19.0 Å². The molecule has 0 bridgehead atoms. The third kappa shape index (κ3) is 3.71. The predicted molar refractivity (Wildman–Crippen MR) is 66.9 cm³/mol. The Balaban J connectivity index is 2.56. The molecule has 0 saturated heterocycles. The van der Waals surface area contributed by atoms with E-state index in [1.165, 1.54) is 12.8 Å². The van der Waals surface area contributed by atoms with E-state index >= 15 is 0 Å². The summed E-state index contributed by atoms with van der Waals surface area (Å²) >= 11 is 0. The molecule has 0 radical (unpaired) electrons. The first-order chi connectivity index (χ1) is 7.52. The molecule has 4 nitrogen and oxygen atoms in total. The largest absolute Gasteiger partial charge is 0.316 e. The van der Waals surface area contributed by atoms with Crippen LogP contribution in [0.2, 0.25) is 0 Å². The third-order valence-electron chi connectivity index (χ3n) is 3.06. The molecule has 1 N–H and O–H groups in total. The molecule has 0 amide bonds. The van der Waals surface area contributed by atoms with Crippen molar-refractivity contribution in [2.24, 2.45) is 5.92 Å². The highest BCUT2D eigenvalue weighted by atomic mass is 32.2. The van der Waals surface area contributed by atoms with E-state index < -0.39 is 10.0 Å². The summed E-state index contributed by atoms with van der Waals surface area (Å²) in [6.45, 7) is 8.35. The van der Waals surface area contributed by atoms with Crippen molar-refractivity contribution in [3.8, 4) is 0 Å². The lowest BCUT2D eigenvalue weighted by atomic mass is 10.4. The number of nitrogens with zero attached hydrogens (tertiary/aromatic N) is 1. The molecule has 1 rings (SSSR count). The Labute approximate surface area is 99.5 Å². The van der Waals surface area contributed by atoms with Gasteiger partial charge in [0.25, 0.3) is 0 Å². The Kier molecular flexibility index (Phi) is 5.21. The van der Waals surface area contributed by atoms with E-state index in [-0.39, 0.29) is 5.25 Å². The van der Waals surface area contributed by atoms with Gasteiger partial charge in [-0.25, -0.2) is 12.7 Å². The van der Waals surface area contributed by atoms with E-state index in [4.69, 9.17) is 0 Å². The van der Waals surface area contributed by atoms with Crippen molar-refractivity contribution in [2.75, 3.05) is 26.2 Å². The quantitative estimate of drug-likeness (QED) is 0.698. The summed E-state index contributed by atoms with van der Waals surface area (Å²) in [5, 5.41) is 2.77. The maximum absolute atomic E-state index is 12.2. The van der Waals surface area contributed by atoms with Crippen molar-refractivity contribution in [1.29, 1.82) is 0 Å². The summed E-state index contributed by atoms with van der Waals surface area (Å²) in [7, 11) is -3.11. The molecule has 0 heterocycles. The molecule has 5 heteroatoms. The van der Waals surface area contributed by atoms with Crippen LogP contribution in [0.25, 0.3) is 0 Å². The average molecular weight is 248 g/mol. The zero-order valence-electron chi connectivity index (χ0n) is 10.6. The zero-order chi connectivity index (χ0) is 12.2. The Bertz CT molecular complexity index is 299. The van der Waals surface area contributed by atoms with Gasteiger partial charge in [-0.15, -0.1) is 0 Å². The van der Waals surface area contributed by atoms with Crippen LogP contribution < -0.4 is 5.32 Å². The van der Waals surface area contributed by atoms with E-state index in [1.54, 1.807) is 11.2 Å². The maximum Gasteiger partial charge on any atom is 0.217 e. The van der Waals surface area contributed by atoms with Crippen molar-refractivity contribution in [2.45, 2.75) is 38.9 Å². The van der Waals surface area contributed by atoms with Crippen molar-refractivity contribution in [1.82, 2.24) is 9.62 Å². The number of hydrogen-bond donors (Lipinski definition) is 1. The molecular weight excluding hydrogens is 224 g/mol. The van der Waals surface area contributed by atoms with E-state index in [1.807, 2.05) is 13.8 Å². The van der Waals surface area contributed by atoms with Gasteiger partial charge in [0.05, 0.1) is 5.25 Å². The molecule has 1 fully saturated rings. The standard InChI is InChI=1S/C11H24N2O2S/c1-4-12-8-10(3)16(14,15)13(5-2)9-11-6-7-11/h10-12H,4-9H2,1-3H3. The summed E-state index contributed by atoms with van der Waals surface area (Å²) < 4.78 is 26.1. The second-order valence-electron chi connectivity index (χ2n) is 4.56. The second-order valence-corrected chi connectivity index (χ2v) is 6.91. The molecule has 0 aliphatic heterocycles. The minimum Gasteiger partial charge on any atom is -0.316 e. The molecular formula is C11H24N2O2S. The fourth-order valence-corrected chi connectivity index (χ4v) is 3.32. The van der Waals surface area contributed by atoms with Gasteiger partial charge in [-0.2, -0.15) is 0 Å². The molecule has 1 unspecified atom stereocenters. The SMILES string of the molecule is CCNCC(C)S(=O)(=O)N(CC)CC1CC1. The van der Waals surface area contributed by atoms with Gasteiger partial charge in [-0.3, -0.25) is 0 Å². The van der Waals surface area contributed by atoms with Crippen LogP contribution in [0.1, 0.15) is 33.6 Å². The Morgan fingerprint density at radius 3 is 2.44 bits per heavy atom. The van der Waals surface area contributed by atoms with E-state index in [9.17, 15) is 8.42 Å². The molecule has 1 aliphatic rings. The average Bonchev–Trinajstić information content (AvgIpc) is 3.05. The van der Waals surface area contributed by atoms with Gasteiger partial charge in [0.1, 0.15) is 0 Å². The molecule has 1 atom stereocenters. The minimum atomic E-state index is -3.11. The fraction of sp³-hybridized carbons (Fsp3) is 1.00. The van der Waals surface area contributed by atoms with Crippen molar-refractivity contribution in [3.63, 3.8) is 0 Å². The van der Waals surface area contributed by atoms with Gasteiger partial charge in [0, 0.05) is 19.6 Å². The van der Waals surface area contributed by atoms with Crippen molar-refractivity contribution in [3.05, 3.63) is 0 Å². The van der Waals surface area contributed by atoms with Crippen LogP contribution in [0.4, 0.5) is 0 Å². The smallest absolute Gasteiger partial charge is 0.217 e. The maximum atomic E-state index is 12.2. The lowest BCUT2D eigenvalue weighted by molar-refractivity contribution is 0.404. The minimum absolute atomic E-state index is 0.328. The summed E-state index contributed by atoms with van der Waals surface area (Å²) in [5.41, 5.74) is 0. The number of hydrogen-bond acceptors (Lipinski definition) is 3. The lowest BCUT2D eigenvalue weighted by Gasteiger charge is -2.24. The molecule has 0 aromatic carbocycles. The molecule has 96 valence electrons. The third-order valence-corrected chi connectivity index (χ3v) is 5.37. The lowest BCUT2D eigenvalue weighted by Crippen LogP contribution is -2.42. The number of rotatable bonds is 8. The van der Waals surface area contributed by atoms with Gasteiger partial charge in [-0.05, 0) is 32.2 Å². The van der Waals surface area contributed by atoms with E-state index in [0.717, 1.165) is 13.1 Å². The van der Waals surface area contributed by atoms with Crippen LogP contribution in [0.3, 0.4) is 0 Å². The first-order valence-corrected chi connectivity index (χ1v) is 7.72. The van der Waals surface area contributed by atoms with Crippen LogP contribution in [0.5, 0.6) is 0 Å². The van der Waals surface area contributed by atoms with Crippen molar-refractivity contribution >= 4 is 10.0 Å². The molecule has 0 aromatic heterocycles. The van der Waals surface area contributed by atoms with Crippen molar-refractivity contribution < 1.29 is 8.42 Å². The Morgan fingerprint density at radius 1 is 1.38 bits per heavy atom. The Morgan fingerprint density at radius 2 is 2.00 bits per heavy atom. The highest BCUT2D eigenvalue weighted by Crippen LogP contribution is 2.30. The predicted octanol–water partition coefficient (Wildman–Crippen LogP) is 1.05. The summed E-state index contributed by atoms with van der Waals surface area (Å²) in [6.07, 6.45) is 2.38. The van der Waals surface area contributed by atoms with Gasteiger partial charge in [-0.1, -0.05) is 13.8 Å². The molecule has 0 spiro atoms. The normalized spacial score (nSPS) is 19.0. The van der Waals surface area contributed by atoms with Gasteiger partial charge in [0.2, 0.25) is 10.0 Å². The van der Waals surface area contributed by atoms with Gasteiger partial charge < -0.3 is 5.32 Å². The van der Waals surface area contributed by atoms with Crippen LogP contribution in [0, 0.1) is 5.92 Å². The number of nitrogens with one attached hydrogen (secondary N) is 1. The summed E-state index contributed by atoms with van der Waals surface area (Å²) in [4.78, 5) is 0. The highest BCUT2D eigenvalue weighted by molar-refractivity contribution is 7.89. The molecule has 1 saturated carbocycles. The van der Waals surface area contributed by atoms with Crippen LogP contribution in [-0.4, -0.2) is 44.2 Å². The van der Waals surface area contributed by atoms with Crippen LogP contribution >= 0.6 is 0 Å². The Hall–Kier alpha value is -0.130. The van der Waals surface area contributed by atoms with Gasteiger partial charge in [0.15, 0.2) is 0 Å². The van der Waals surface area contributed by atoms with E-state index in [2.05, 4.69) is 5.32 Å². The first-order valence-electron chi connectivity index (χ1n) is 6.22. The van der Waals surface area contributed by atoms with Crippen LogP contribution in [0.15, 0.2) is 0 Å². The highest BCUT2D eigenvalue weighted by Gasteiger charge is 2.32. The monoisotopic (exact) mass is 248 g/mol. The summed E-state index contributed by atoms with van der Waals surface area (Å²) in [5.74, 6) is 0.612. The van der Waals surface area contributed by atoms with Gasteiger partial charge >= 0.3 is 0 Å². The molecule has 16 heavy (non-hydrogen) atoms. The summed E-state index contributed by atoms with van der Waals surface area (Å²) in [6, 6.07) is 0.